The molecule has 6 nitrogen and oxygen atoms in total. The maximum atomic E-state index is 12.4. The SMILES string of the molecule is CC(C)(C#N)C(OC(=O)c1ccc([N+](=O)[O-])cc1)c1ccccc1. The molecule has 0 aromatic heterocycles. The molecule has 0 N–H and O–H groups in total. The van der Waals surface area contributed by atoms with Crippen LogP contribution in [0.15, 0.2) is 54.6 Å². The quantitative estimate of drug-likeness (QED) is 0.470. The van der Waals surface area contributed by atoms with E-state index in [0.717, 1.165) is 0 Å². The molecular formula is C18H16N2O4. The lowest BCUT2D eigenvalue weighted by Gasteiger charge is -2.28. The molecule has 1 unspecified atom stereocenters. The standard InChI is InChI=1S/C18H16N2O4/c1-18(2,12-19)16(13-6-4-3-5-7-13)24-17(21)14-8-10-15(11-9-14)20(22)23/h3-11,16H,1-2H3. The fourth-order valence-corrected chi connectivity index (χ4v) is 2.21. The van der Waals surface area contributed by atoms with Crippen molar-refractivity contribution in [2.75, 3.05) is 0 Å². The van der Waals surface area contributed by atoms with Gasteiger partial charge in [-0.3, -0.25) is 10.1 Å². The third-order valence-corrected chi connectivity index (χ3v) is 3.58. The molecule has 0 heterocycles. The van der Waals surface area contributed by atoms with E-state index in [9.17, 15) is 20.2 Å². The molecule has 2 aromatic rings. The minimum absolute atomic E-state index is 0.108. The largest absolute Gasteiger partial charge is 0.452 e. The molecule has 122 valence electrons. The lowest BCUT2D eigenvalue weighted by Crippen LogP contribution is -2.25. The summed E-state index contributed by atoms with van der Waals surface area (Å²) in [6.07, 6.45) is -0.758. The predicted molar refractivity (Wildman–Crippen MR) is 87.1 cm³/mol. The lowest BCUT2D eigenvalue weighted by molar-refractivity contribution is -0.384. The van der Waals surface area contributed by atoms with Gasteiger partial charge in [0.15, 0.2) is 0 Å². The average Bonchev–Trinajstić information content (AvgIpc) is 2.60. The molecule has 0 aliphatic rings. The number of carbonyl (C=O) groups excluding carboxylic acids is 1. The van der Waals surface area contributed by atoms with Crippen LogP contribution in [0.4, 0.5) is 5.69 Å². The van der Waals surface area contributed by atoms with Gasteiger partial charge in [0, 0.05) is 12.1 Å². The van der Waals surface area contributed by atoms with E-state index in [1.165, 1.54) is 24.3 Å². The van der Waals surface area contributed by atoms with E-state index in [2.05, 4.69) is 6.07 Å². The third kappa shape index (κ3) is 3.76. The van der Waals surface area contributed by atoms with Gasteiger partial charge in [0.05, 0.1) is 22.0 Å². The van der Waals surface area contributed by atoms with Gasteiger partial charge in [-0.15, -0.1) is 0 Å². The molecule has 2 rings (SSSR count). The number of carbonyl (C=O) groups is 1. The lowest BCUT2D eigenvalue weighted by atomic mass is 9.84. The normalized spacial score (nSPS) is 12.0. The number of benzene rings is 2. The number of nitro benzene ring substituents is 1. The predicted octanol–water partition coefficient (Wildman–Crippen LogP) is 4.04. The molecule has 0 bridgehead atoms. The van der Waals surface area contributed by atoms with Gasteiger partial charge < -0.3 is 4.74 Å². The molecule has 0 aliphatic heterocycles. The molecule has 6 heteroatoms. The summed E-state index contributed by atoms with van der Waals surface area (Å²) in [5, 5.41) is 20.1. The number of ether oxygens (including phenoxy) is 1. The summed E-state index contributed by atoms with van der Waals surface area (Å²) < 4.78 is 5.55. The fourth-order valence-electron chi connectivity index (χ4n) is 2.21. The zero-order valence-electron chi connectivity index (χ0n) is 13.3. The van der Waals surface area contributed by atoms with Crippen molar-refractivity contribution in [1.82, 2.24) is 0 Å². The number of hydrogen-bond acceptors (Lipinski definition) is 5. The number of nitro groups is 1. The number of rotatable bonds is 5. The Bertz CT molecular complexity index is 777. The molecular weight excluding hydrogens is 308 g/mol. The van der Waals surface area contributed by atoms with Gasteiger partial charge in [0.25, 0.3) is 5.69 Å². The van der Waals surface area contributed by atoms with E-state index in [1.807, 2.05) is 6.07 Å². The summed E-state index contributed by atoms with van der Waals surface area (Å²) in [4.78, 5) is 22.5. The van der Waals surface area contributed by atoms with Crippen molar-refractivity contribution < 1.29 is 14.5 Å². The second-order valence-corrected chi connectivity index (χ2v) is 5.83. The molecule has 0 aliphatic carbocycles. The highest BCUT2D eigenvalue weighted by Crippen LogP contribution is 2.36. The molecule has 2 aromatic carbocycles. The molecule has 1 atom stereocenters. The Morgan fingerprint density at radius 2 is 1.75 bits per heavy atom. The monoisotopic (exact) mass is 324 g/mol. The summed E-state index contributed by atoms with van der Waals surface area (Å²) in [7, 11) is 0. The first-order valence-electron chi connectivity index (χ1n) is 7.27. The van der Waals surface area contributed by atoms with E-state index in [0.29, 0.717) is 5.56 Å². The van der Waals surface area contributed by atoms with Crippen molar-refractivity contribution in [2.24, 2.45) is 5.41 Å². The second-order valence-electron chi connectivity index (χ2n) is 5.83. The first-order chi connectivity index (χ1) is 11.3. The van der Waals surface area contributed by atoms with Crippen molar-refractivity contribution in [3.05, 3.63) is 75.8 Å². The van der Waals surface area contributed by atoms with Gasteiger partial charge in [0.2, 0.25) is 0 Å². The first-order valence-corrected chi connectivity index (χ1v) is 7.27. The van der Waals surface area contributed by atoms with E-state index in [1.54, 1.807) is 38.1 Å². The second kappa shape index (κ2) is 6.92. The van der Waals surface area contributed by atoms with Crippen molar-refractivity contribution >= 4 is 11.7 Å². The number of non-ortho nitro benzene ring substituents is 1. The van der Waals surface area contributed by atoms with Crippen LogP contribution in [0.3, 0.4) is 0 Å². The number of nitriles is 1. The highest BCUT2D eigenvalue weighted by molar-refractivity contribution is 5.89. The van der Waals surface area contributed by atoms with Crippen LogP contribution >= 0.6 is 0 Å². The maximum absolute atomic E-state index is 12.4. The fraction of sp³-hybridized carbons (Fsp3) is 0.222. The van der Waals surface area contributed by atoms with Gasteiger partial charge in [0.1, 0.15) is 6.10 Å². The highest BCUT2D eigenvalue weighted by atomic mass is 16.6. The molecule has 0 spiro atoms. The summed E-state index contributed by atoms with van der Waals surface area (Å²) >= 11 is 0. The molecule has 0 amide bonds. The maximum Gasteiger partial charge on any atom is 0.338 e. The van der Waals surface area contributed by atoms with Crippen molar-refractivity contribution in [2.45, 2.75) is 20.0 Å². The summed E-state index contributed by atoms with van der Waals surface area (Å²) in [5.74, 6) is -0.637. The van der Waals surface area contributed by atoms with Crippen LogP contribution in [-0.2, 0) is 4.74 Å². The van der Waals surface area contributed by atoms with E-state index >= 15 is 0 Å². The van der Waals surface area contributed by atoms with Gasteiger partial charge in [-0.2, -0.15) is 5.26 Å². The molecule has 0 fully saturated rings. The highest BCUT2D eigenvalue weighted by Gasteiger charge is 2.34. The van der Waals surface area contributed by atoms with Crippen LogP contribution in [-0.4, -0.2) is 10.9 Å². The van der Waals surface area contributed by atoms with Gasteiger partial charge >= 0.3 is 5.97 Å². The Balaban J connectivity index is 2.28. The third-order valence-electron chi connectivity index (χ3n) is 3.58. The van der Waals surface area contributed by atoms with Crippen molar-refractivity contribution in [3.8, 4) is 6.07 Å². The number of hydrogen-bond donors (Lipinski definition) is 0. The van der Waals surface area contributed by atoms with Crippen LogP contribution in [0.25, 0.3) is 0 Å². The molecule has 0 saturated heterocycles. The number of esters is 1. The van der Waals surface area contributed by atoms with Gasteiger partial charge in [-0.1, -0.05) is 30.3 Å². The van der Waals surface area contributed by atoms with Crippen LogP contribution in [0.5, 0.6) is 0 Å². The smallest absolute Gasteiger partial charge is 0.338 e. The zero-order chi connectivity index (χ0) is 17.7. The minimum atomic E-state index is -0.933. The Morgan fingerprint density at radius 3 is 2.25 bits per heavy atom. The van der Waals surface area contributed by atoms with Crippen LogP contribution in [0.1, 0.15) is 35.9 Å². The summed E-state index contributed by atoms with van der Waals surface area (Å²) in [5.41, 5.74) is -0.143. The first kappa shape index (κ1) is 17.2. The van der Waals surface area contributed by atoms with E-state index in [-0.39, 0.29) is 11.3 Å². The Morgan fingerprint density at radius 1 is 1.17 bits per heavy atom. The van der Waals surface area contributed by atoms with Crippen molar-refractivity contribution in [3.63, 3.8) is 0 Å². The van der Waals surface area contributed by atoms with Crippen LogP contribution < -0.4 is 0 Å². The zero-order valence-corrected chi connectivity index (χ0v) is 13.3. The van der Waals surface area contributed by atoms with E-state index < -0.39 is 22.4 Å². The van der Waals surface area contributed by atoms with Gasteiger partial charge in [-0.05, 0) is 31.5 Å². The van der Waals surface area contributed by atoms with Crippen molar-refractivity contribution in [1.29, 1.82) is 5.26 Å². The van der Waals surface area contributed by atoms with Gasteiger partial charge in [-0.25, -0.2) is 4.79 Å². The summed E-state index contributed by atoms with van der Waals surface area (Å²) in [6.45, 7) is 3.38. The molecule has 0 radical (unpaired) electrons. The van der Waals surface area contributed by atoms with Crippen LogP contribution in [0, 0.1) is 26.9 Å². The van der Waals surface area contributed by atoms with E-state index in [4.69, 9.17) is 4.74 Å². The molecule has 24 heavy (non-hydrogen) atoms. The Kier molecular flexibility index (Phi) is 4.95. The topological polar surface area (TPSA) is 93.2 Å². The average molecular weight is 324 g/mol. The Hall–Kier alpha value is -3.20. The minimum Gasteiger partial charge on any atom is -0.452 e. The Labute approximate surface area is 139 Å². The molecule has 0 saturated carbocycles. The van der Waals surface area contributed by atoms with Crippen LogP contribution in [0.2, 0.25) is 0 Å². The number of nitrogens with zero attached hydrogens (tertiary/aromatic N) is 2. The summed E-state index contributed by atoms with van der Waals surface area (Å²) in [6, 6.07) is 16.3.